The minimum absolute atomic E-state index is 0.0488. The van der Waals surface area contributed by atoms with Crippen molar-refractivity contribution < 1.29 is 14.4 Å². The van der Waals surface area contributed by atoms with E-state index in [4.69, 9.17) is 0 Å². The van der Waals surface area contributed by atoms with Crippen molar-refractivity contribution in [1.82, 2.24) is 20.4 Å². The summed E-state index contributed by atoms with van der Waals surface area (Å²) in [5.74, 6) is -0.244. The van der Waals surface area contributed by atoms with Gasteiger partial charge in [0.15, 0.2) is 0 Å². The number of amides is 4. The average Bonchev–Trinajstić information content (AvgIpc) is 3.34. The predicted molar refractivity (Wildman–Crippen MR) is 100 cm³/mol. The lowest BCUT2D eigenvalue weighted by Crippen LogP contribution is -2.56. The zero-order chi connectivity index (χ0) is 18.5. The first-order chi connectivity index (χ1) is 12.5. The molecule has 1 aliphatic heterocycles. The third-order valence-electron chi connectivity index (χ3n) is 5.19. The van der Waals surface area contributed by atoms with Crippen molar-refractivity contribution in [2.24, 2.45) is 0 Å². The van der Waals surface area contributed by atoms with Crippen molar-refractivity contribution in [3.8, 4) is 0 Å². The lowest BCUT2D eigenvalue weighted by molar-refractivity contribution is -0.125. The van der Waals surface area contributed by atoms with Crippen LogP contribution in [0.2, 0.25) is 0 Å². The molecule has 2 heterocycles. The summed E-state index contributed by atoms with van der Waals surface area (Å²) < 4.78 is 0. The Hall–Kier alpha value is -1.93. The largest absolute Gasteiger partial charge is 0.335 e. The number of hydrogen-bond acceptors (Lipinski definition) is 5. The second-order valence-corrected chi connectivity index (χ2v) is 7.87. The predicted octanol–water partition coefficient (Wildman–Crippen LogP) is 1.66. The average molecular weight is 378 g/mol. The van der Waals surface area contributed by atoms with E-state index in [0.717, 1.165) is 30.6 Å². The molecule has 8 heteroatoms. The number of hydrogen-bond donors (Lipinski definition) is 2. The summed E-state index contributed by atoms with van der Waals surface area (Å²) >= 11 is 1.44. The molecule has 1 saturated heterocycles. The molecule has 1 aromatic rings. The van der Waals surface area contributed by atoms with Crippen LogP contribution in [0.4, 0.5) is 4.79 Å². The second-order valence-electron chi connectivity index (χ2n) is 6.93. The molecule has 0 aromatic carbocycles. The van der Waals surface area contributed by atoms with E-state index >= 15 is 0 Å². The van der Waals surface area contributed by atoms with E-state index in [1.807, 2.05) is 27.3 Å². The molecule has 0 bridgehead atoms. The summed E-state index contributed by atoms with van der Waals surface area (Å²) in [6.45, 7) is 4.21. The maximum absolute atomic E-state index is 12.4. The maximum Gasteiger partial charge on any atom is 0.321 e. The highest BCUT2D eigenvalue weighted by Crippen LogP contribution is 2.17. The van der Waals surface area contributed by atoms with Crippen molar-refractivity contribution >= 4 is 29.2 Å². The molecule has 142 valence electrons. The fourth-order valence-electron chi connectivity index (χ4n) is 3.54. The first-order valence-corrected chi connectivity index (χ1v) is 10.1. The van der Waals surface area contributed by atoms with Gasteiger partial charge in [-0.2, -0.15) is 0 Å². The van der Waals surface area contributed by atoms with Crippen LogP contribution in [0.15, 0.2) is 17.5 Å². The number of piperazine rings is 1. The highest BCUT2D eigenvalue weighted by atomic mass is 32.1. The molecular weight excluding hydrogens is 352 g/mol. The Morgan fingerprint density at radius 2 is 1.85 bits per heavy atom. The van der Waals surface area contributed by atoms with Gasteiger partial charge < -0.3 is 10.2 Å². The minimum atomic E-state index is -0.403. The van der Waals surface area contributed by atoms with Gasteiger partial charge in [0.25, 0.3) is 5.91 Å². The molecule has 2 N–H and O–H groups in total. The Labute approximate surface area is 157 Å². The van der Waals surface area contributed by atoms with Crippen LogP contribution in [0.3, 0.4) is 0 Å². The van der Waals surface area contributed by atoms with E-state index in [2.05, 4.69) is 10.6 Å². The van der Waals surface area contributed by atoms with Crippen LogP contribution < -0.4 is 10.6 Å². The van der Waals surface area contributed by atoms with Gasteiger partial charge in [0.1, 0.15) is 0 Å². The lowest BCUT2D eigenvalue weighted by Gasteiger charge is -2.37. The molecule has 1 unspecified atom stereocenters. The zero-order valence-electron chi connectivity index (χ0n) is 15.1. The molecule has 1 aromatic heterocycles. The first kappa shape index (κ1) is 18.8. The summed E-state index contributed by atoms with van der Waals surface area (Å²) in [6, 6.07) is 3.09. The van der Waals surface area contributed by atoms with Crippen molar-refractivity contribution in [3.05, 3.63) is 22.4 Å². The Morgan fingerprint density at radius 1 is 1.15 bits per heavy atom. The van der Waals surface area contributed by atoms with Crippen molar-refractivity contribution in [2.75, 3.05) is 26.2 Å². The van der Waals surface area contributed by atoms with Crippen LogP contribution in [0.25, 0.3) is 0 Å². The maximum atomic E-state index is 12.4. The number of carbonyl (C=O) groups excluding carboxylic acids is 3. The number of thiophene rings is 1. The molecule has 2 fully saturated rings. The molecule has 3 rings (SSSR count). The fraction of sp³-hybridized carbons (Fsp3) is 0.611. The van der Waals surface area contributed by atoms with Crippen LogP contribution >= 0.6 is 11.3 Å². The highest BCUT2D eigenvalue weighted by Gasteiger charge is 2.29. The summed E-state index contributed by atoms with van der Waals surface area (Å²) in [4.78, 5) is 41.2. The second kappa shape index (κ2) is 8.64. The number of nitrogens with one attached hydrogen (secondary N) is 2. The third kappa shape index (κ3) is 4.62. The number of carbonyl (C=O) groups is 3. The minimum Gasteiger partial charge on any atom is -0.335 e. The van der Waals surface area contributed by atoms with E-state index < -0.39 is 12.1 Å². The van der Waals surface area contributed by atoms with Crippen LogP contribution in [0.5, 0.6) is 0 Å². The Kier molecular flexibility index (Phi) is 6.26. The van der Waals surface area contributed by atoms with Gasteiger partial charge in [-0.15, -0.1) is 11.3 Å². The Bertz CT molecular complexity index is 635. The molecule has 0 spiro atoms. The standard InChI is InChI=1S/C18H26N4O3S/c1-13(16(23)20-18(25)19-14-5-2-3-6-14)21-8-10-22(11-9-21)17(24)15-7-4-12-26-15/h4,7,12-14H,2-3,5-6,8-11H2,1H3,(H2,19,20,23,25). The van der Waals surface area contributed by atoms with Crippen LogP contribution in [0.1, 0.15) is 42.3 Å². The summed E-state index contributed by atoms with van der Waals surface area (Å²) in [5.41, 5.74) is 0. The zero-order valence-corrected chi connectivity index (χ0v) is 15.9. The third-order valence-corrected chi connectivity index (χ3v) is 6.05. The fourth-order valence-corrected chi connectivity index (χ4v) is 4.23. The molecule has 0 radical (unpaired) electrons. The molecule has 2 aliphatic rings. The summed E-state index contributed by atoms with van der Waals surface area (Å²) in [6.07, 6.45) is 4.22. The highest BCUT2D eigenvalue weighted by molar-refractivity contribution is 7.12. The van der Waals surface area contributed by atoms with Gasteiger partial charge >= 0.3 is 6.03 Å². The molecular formula is C18H26N4O3S. The molecule has 1 atom stereocenters. The Morgan fingerprint density at radius 3 is 2.46 bits per heavy atom. The smallest absolute Gasteiger partial charge is 0.321 e. The van der Waals surface area contributed by atoms with E-state index in [-0.39, 0.29) is 17.9 Å². The quantitative estimate of drug-likeness (QED) is 0.835. The van der Waals surface area contributed by atoms with E-state index in [1.165, 1.54) is 11.3 Å². The number of imide groups is 1. The number of urea groups is 1. The molecule has 1 saturated carbocycles. The monoisotopic (exact) mass is 378 g/mol. The number of rotatable bonds is 4. The summed E-state index contributed by atoms with van der Waals surface area (Å²) in [7, 11) is 0. The molecule has 1 aliphatic carbocycles. The van der Waals surface area contributed by atoms with Gasteiger partial charge in [-0.25, -0.2) is 4.79 Å². The van der Waals surface area contributed by atoms with E-state index in [9.17, 15) is 14.4 Å². The van der Waals surface area contributed by atoms with Crippen LogP contribution in [-0.2, 0) is 4.79 Å². The lowest BCUT2D eigenvalue weighted by atomic mass is 10.2. The van der Waals surface area contributed by atoms with Crippen molar-refractivity contribution in [3.63, 3.8) is 0 Å². The Balaban J connectivity index is 1.43. The SMILES string of the molecule is CC(C(=O)NC(=O)NC1CCCC1)N1CCN(C(=O)c2cccs2)CC1. The van der Waals surface area contributed by atoms with Crippen molar-refractivity contribution in [2.45, 2.75) is 44.7 Å². The molecule has 26 heavy (non-hydrogen) atoms. The number of nitrogens with zero attached hydrogens (tertiary/aromatic N) is 2. The van der Waals surface area contributed by atoms with Gasteiger partial charge in [-0.1, -0.05) is 18.9 Å². The van der Waals surface area contributed by atoms with Crippen molar-refractivity contribution in [1.29, 1.82) is 0 Å². The molecule has 7 nitrogen and oxygen atoms in total. The normalized spacial score (nSPS) is 20.0. The van der Waals surface area contributed by atoms with E-state index in [1.54, 1.807) is 6.92 Å². The first-order valence-electron chi connectivity index (χ1n) is 9.23. The van der Waals surface area contributed by atoms with Gasteiger partial charge in [-0.3, -0.25) is 19.8 Å². The van der Waals surface area contributed by atoms with Gasteiger partial charge in [0.05, 0.1) is 10.9 Å². The van der Waals surface area contributed by atoms with Gasteiger partial charge in [0, 0.05) is 32.2 Å². The topological polar surface area (TPSA) is 81.8 Å². The van der Waals surface area contributed by atoms with Gasteiger partial charge in [-0.05, 0) is 31.2 Å². The van der Waals surface area contributed by atoms with Crippen LogP contribution in [-0.4, -0.2) is 65.9 Å². The molecule has 4 amide bonds. The van der Waals surface area contributed by atoms with Gasteiger partial charge in [0.2, 0.25) is 5.91 Å². The summed E-state index contributed by atoms with van der Waals surface area (Å²) in [5, 5.41) is 7.21. The van der Waals surface area contributed by atoms with E-state index in [0.29, 0.717) is 26.2 Å². The van der Waals surface area contributed by atoms with Crippen LogP contribution in [0, 0.1) is 0 Å².